The van der Waals surface area contributed by atoms with Gasteiger partial charge in [-0.05, 0) is 49.4 Å². The van der Waals surface area contributed by atoms with Crippen LogP contribution >= 0.6 is 23.2 Å². The van der Waals surface area contributed by atoms with Crippen LogP contribution in [-0.4, -0.2) is 26.1 Å². The molecule has 0 saturated heterocycles. The highest BCUT2D eigenvalue weighted by Gasteiger charge is 2.26. The number of aromatic nitrogens is 1. The molecule has 0 fully saturated rings. The highest BCUT2D eigenvalue weighted by molar-refractivity contribution is 7.92. The largest absolute Gasteiger partial charge is 0.454 e. The molecule has 0 atom stereocenters. The van der Waals surface area contributed by atoms with Crippen molar-refractivity contribution in [1.82, 2.24) is 5.16 Å². The van der Waals surface area contributed by atoms with Gasteiger partial charge in [-0.2, -0.15) is 0 Å². The fourth-order valence-corrected chi connectivity index (χ4v) is 4.50. The highest BCUT2D eigenvalue weighted by atomic mass is 35.5. The first kappa shape index (κ1) is 22.9. The van der Waals surface area contributed by atoms with Gasteiger partial charge in [0.2, 0.25) is 0 Å². The number of hydrogen-bond acceptors (Lipinski definition) is 6. The van der Waals surface area contributed by atoms with E-state index in [1.807, 2.05) is 0 Å². The molecule has 2 aromatic carbocycles. The summed E-state index contributed by atoms with van der Waals surface area (Å²) in [6, 6.07) is 11.8. The molecule has 0 aliphatic heterocycles. The van der Waals surface area contributed by atoms with Gasteiger partial charge in [-0.15, -0.1) is 6.58 Å². The summed E-state index contributed by atoms with van der Waals surface area (Å²) in [7, 11) is -4.04. The Labute approximate surface area is 189 Å². The van der Waals surface area contributed by atoms with E-state index in [2.05, 4.69) is 11.7 Å². The molecule has 0 N–H and O–H groups in total. The van der Waals surface area contributed by atoms with Gasteiger partial charge in [0.1, 0.15) is 0 Å². The van der Waals surface area contributed by atoms with Gasteiger partial charge in [-0.3, -0.25) is 4.31 Å². The molecule has 0 radical (unpaired) electrons. The number of anilines is 1. The Morgan fingerprint density at radius 2 is 1.90 bits per heavy atom. The minimum Gasteiger partial charge on any atom is -0.454 e. The molecule has 0 aliphatic rings. The molecule has 0 bridgehead atoms. The number of aryl methyl sites for hydroxylation is 1. The second-order valence-corrected chi connectivity index (χ2v) is 9.16. The fourth-order valence-electron chi connectivity index (χ4n) is 2.71. The maximum atomic E-state index is 13.3. The van der Waals surface area contributed by atoms with E-state index in [1.54, 1.807) is 37.3 Å². The number of rotatable bonds is 8. The number of hydrogen-bond donors (Lipinski definition) is 0. The van der Waals surface area contributed by atoms with Gasteiger partial charge >= 0.3 is 5.97 Å². The van der Waals surface area contributed by atoms with E-state index in [0.717, 1.165) is 4.31 Å². The highest BCUT2D eigenvalue weighted by Crippen LogP contribution is 2.28. The van der Waals surface area contributed by atoms with Crippen molar-refractivity contribution in [2.24, 2.45) is 0 Å². The van der Waals surface area contributed by atoms with Crippen molar-refractivity contribution < 1.29 is 22.5 Å². The maximum Gasteiger partial charge on any atom is 0.340 e. The van der Waals surface area contributed by atoms with Crippen LogP contribution in [0.15, 0.2) is 70.6 Å². The van der Waals surface area contributed by atoms with Crippen LogP contribution in [0, 0.1) is 6.92 Å². The zero-order chi connectivity index (χ0) is 22.6. The predicted molar refractivity (Wildman–Crippen MR) is 118 cm³/mol. The molecule has 0 amide bonds. The summed E-state index contributed by atoms with van der Waals surface area (Å²) < 4.78 is 37.9. The molecule has 1 aromatic heterocycles. The quantitative estimate of drug-likeness (QED) is 0.331. The first-order valence-corrected chi connectivity index (χ1v) is 11.2. The average Bonchev–Trinajstić information content (AvgIpc) is 3.16. The first-order chi connectivity index (χ1) is 14.7. The number of carbonyl (C=O) groups excluding carboxylic acids is 1. The molecule has 162 valence electrons. The summed E-state index contributed by atoms with van der Waals surface area (Å²) in [5.41, 5.74) is 0.944. The van der Waals surface area contributed by atoms with Gasteiger partial charge in [0.15, 0.2) is 12.4 Å². The molecule has 3 aromatic rings. The third-order valence-corrected chi connectivity index (χ3v) is 6.55. The molecule has 3 rings (SSSR count). The van der Waals surface area contributed by atoms with Crippen LogP contribution in [0.4, 0.5) is 5.69 Å². The van der Waals surface area contributed by atoms with Crippen molar-refractivity contribution in [3.63, 3.8) is 0 Å². The lowest BCUT2D eigenvalue weighted by Gasteiger charge is -2.23. The van der Waals surface area contributed by atoms with Gasteiger partial charge < -0.3 is 9.26 Å². The second kappa shape index (κ2) is 9.55. The Balaban J connectivity index is 1.91. The number of sulfonamides is 1. The van der Waals surface area contributed by atoms with Gasteiger partial charge in [-0.1, -0.05) is 34.4 Å². The molecular formula is C21H18Cl2N2O5S. The Hall–Kier alpha value is -2.81. The van der Waals surface area contributed by atoms with Gasteiger partial charge in [0, 0.05) is 11.1 Å². The number of halogens is 2. The van der Waals surface area contributed by atoms with Gasteiger partial charge in [0.25, 0.3) is 10.0 Å². The van der Waals surface area contributed by atoms with E-state index in [-0.39, 0.29) is 28.6 Å². The molecule has 1 heterocycles. The van der Waals surface area contributed by atoms with Crippen LogP contribution in [0.2, 0.25) is 10.0 Å². The topological polar surface area (TPSA) is 89.7 Å². The summed E-state index contributed by atoms with van der Waals surface area (Å²) >= 11 is 12.0. The van der Waals surface area contributed by atoms with Crippen molar-refractivity contribution in [3.05, 3.63) is 88.2 Å². The van der Waals surface area contributed by atoms with E-state index in [9.17, 15) is 13.2 Å². The smallest absolute Gasteiger partial charge is 0.340 e. The first-order valence-electron chi connectivity index (χ1n) is 9.00. The third-order valence-electron chi connectivity index (χ3n) is 4.18. The summed E-state index contributed by atoms with van der Waals surface area (Å²) in [5, 5.41) is 4.23. The van der Waals surface area contributed by atoms with E-state index in [0.29, 0.717) is 22.2 Å². The lowest BCUT2D eigenvalue weighted by molar-refractivity contribution is 0.0437. The van der Waals surface area contributed by atoms with Crippen molar-refractivity contribution in [2.75, 3.05) is 10.8 Å². The Morgan fingerprint density at radius 1 is 1.19 bits per heavy atom. The van der Waals surface area contributed by atoms with Crippen LogP contribution in [-0.2, 0) is 21.4 Å². The maximum absolute atomic E-state index is 13.3. The monoisotopic (exact) mass is 480 g/mol. The fraction of sp³-hybridized carbons (Fsp3) is 0.143. The number of benzene rings is 2. The van der Waals surface area contributed by atoms with Gasteiger partial charge in [-0.25, -0.2) is 13.2 Å². The molecule has 31 heavy (non-hydrogen) atoms. The third kappa shape index (κ3) is 5.28. The molecule has 0 saturated carbocycles. The average molecular weight is 481 g/mol. The van der Waals surface area contributed by atoms with E-state index in [4.69, 9.17) is 32.5 Å². The Kier molecular flexibility index (Phi) is 7.04. The van der Waals surface area contributed by atoms with Crippen molar-refractivity contribution in [2.45, 2.75) is 18.4 Å². The number of esters is 1. The van der Waals surface area contributed by atoms with Crippen LogP contribution in [0.1, 0.15) is 21.8 Å². The molecule has 10 heteroatoms. The predicted octanol–water partition coefficient (Wildman–Crippen LogP) is 5.03. The van der Waals surface area contributed by atoms with E-state index < -0.39 is 16.0 Å². The van der Waals surface area contributed by atoms with E-state index >= 15 is 0 Å². The van der Waals surface area contributed by atoms with Crippen LogP contribution in [0.3, 0.4) is 0 Å². The second-order valence-electron chi connectivity index (χ2n) is 6.45. The number of nitrogens with zero attached hydrogens (tertiary/aromatic N) is 2. The minimum absolute atomic E-state index is 0.0111. The summed E-state index contributed by atoms with van der Waals surface area (Å²) in [6.07, 6.45) is 1.45. The van der Waals surface area contributed by atoms with E-state index in [1.165, 1.54) is 24.3 Å². The summed E-state index contributed by atoms with van der Waals surface area (Å²) in [5.74, 6) is -0.441. The summed E-state index contributed by atoms with van der Waals surface area (Å²) in [6.45, 7) is 5.20. The molecular weight excluding hydrogens is 463 g/mol. The molecule has 0 spiro atoms. The Bertz CT molecular complexity index is 1210. The molecule has 0 unspecified atom stereocenters. The number of ether oxygens (including phenoxy) is 1. The zero-order valence-corrected chi connectivity index (χ0v) is 18.7. The van der Waals surface area contributed by atoms with Crippen LogP contribution in [0.5, 0.6) is 0 Å². The van der Waals surface area contributed by atoms with Crippen molar-refractivity contribution in [1.29, 1.82) is 0 Å². The van der Waals surface area contributed by atoms with Crippen molar-refractivity contribution >= 4 is 44.9 Å². The molecule has 0 aliphatic carbocycles. The zero-order valence-electron chi connectivity index (χ0n) is 16.4. The lowest BCUT2D eigenvalue weighted by Crippen LogP contribution is -2.31. The number of carbonyl (C=O) groups is 1. The SMILES string of the molecule is C=CCN(c1ccc(Cl)cc1)S(=O)(=O)c1ccc(Cl)c(C(=O)OCc2cc(C)no2)c1. The van der Waals surface area contributed by atoms with Crippen LogP contribution < -0.4 is 4.31 Å². The van der Waals surface area contributed by atoms with Gasteiger partial charge in [0.05, 0.1) is 33.4 Å². The van der Waals surface area contributed by atoms with Crippen LogP contribution in [0.25, 0.3) is 0 Å². The van der Waals surface area contributed by atoms with Crippen molar-refractivity contribution in [3.8, 4) is 0 Å². The standard InChI is InChI=1S/C21H18Cl2N2O5S/c1-3-10-25(16-6-4-15(22)5-7-16)31(27,28)18-8-9-20(23)19(12-18)21(26)29-13-17-11-14(2)24-30-17/h3-9,11-12H,1,10,13H2,2H3. The Morgan fingerprint density at radius 3 is 2.52 bits per heavy atom. The normalized spacial score (nSPS) is 11.2. The molecule has 7 nitrogen and oxygen atoms in total. The lowest BCUT2D eigenvalue weighted by atomic mass is 10.2. The minimum atomic E-state index is -4.04. The summed E-state index contributed by atoms with van der Waals surface area (Å²) in [4.78, 5) is 12.4.